The number of aliphatic carboxylic acids is 2. The highest BCUT2D eigenvalue weighted by atomic mass is 16.4. The van der Waals surface area contributed by atoms with Gasteiger partial charge >= 0.3 is 17.9 Å². The molecule has 1 aliphatic heterocycles. The molecule has 1 aliphatic rings. The molecule has 2 rings (SSSR count). The number of nitrogens with zero attached hydrogens (tertiary/aromatic N) is 3. The molecule has 0 unspecified atom stereocenters. The molecule has 0 saturated carbocycles. The summed E-state index contributed by atoms with van der Waals surface area (Å²) in [5.41, 5.74) is 0.908. The molecule has 0 amide bonds. The minimum atomic E-state index is -0.994. The molecule has 0 spiro atoms. The molecule has 0 atom stereocenters. The second kappa shape index (κ2) is 12.2. The molecule has 1 fully saturated rings. The Hall–Kier alpha value is -2.53. The van der Waals surface area contributed by atoms with E-state index in [0.717, 1.165) is 0 Å². The number of carboxylic acids is 3. The SMILES string of the molecule is O=C(O)CN1CCNCCN(CC(=O)O)CCN(Cc2ccccc2C(=O)O)CC1. The molecule has 1 aromatic carbocycles. The Kier molecular flexibility index (Phi) is 9.68. The van der Waals surface area contributed by atoms with Crippen LogP contribution in [-0.2, 0) is 16.1 Å². The van der Waals surface area contributed by atoms with E-state index in [9.17, 15) is 19.5 Å². The lowest BCUT2D eigenvalue weighted by atomic mass is 10.1. The Labute approximate surface area is 175 Å². The smallest absolute Gasteiger partial charge is 0.336 e. The van der Waals surface area contributed by atoms with Crippen LogP contribution in [0, 0.1) is 0 Å². The summed E-state index contributed by atoms with van der Waals surface area (Å²) >= 11 is 0. The Morgan fingerprint density at radius 1 is 0.767 bits per heavy atom. The van der Waals surface area contributed by atoms with Crippen LogP contribution in [0.3, 0.4) is 0 Å². The van der Waals surface area contributed by atoms with Crippen LogP contribution in [0.2, 0.25) is 0 Å². The van der Waals surface area contributed by atoms with Gasteiger partial charge in [0, 0.05) is 58.9 Å². The molecule has 1 aromatic rings. The average Bonchev–Trinajstić information content (AvgIpc) is 2.67. The zero-order chi connectivity index (χ0) is 21.9. The predicted molar refractivity (Wildman–Crippen MR) is 110 cm³/mol. The monoisotopic (exact) mass is 422 g/mol. The predicted octanol–water partition coefficient (Wildman–Crippen LogP) is -0.437. The van der Waals surface area contributed by atoms with Crippen LogP contribution < -0.4 is 5.32 Å². The Bertz CT molecular complexity index is 699. The molecule has 0 bridgehead atoms. The molecular weight excluding hydrogens is 392 g/mol. The van der Waals surface area contributed by atoms with Crippen molar-refractivity contribution in [3.63, 3.8) is 0 Å². The zero-order valence-electron chi connectivity index (χ0n) is 17.0. The molecule has 10 heteroatoms. The number of carbonyl (C=O) groups is 3. The van der Waals surface area contributed by atoms with E-state index in [1.54, 1.807) is 24.3 Å². The molecular formula is C20H30N4O6. The fourth-order valence-corrected chi connectivity index (χ4v) is 3.47. The maximum absolute atomic E-state index is 11.5. The molecule has 4 N–H and O–H groups in total. The number of hydrogen-bond acceptors (Lipinski definition) is 7. The summed E-state index contributed by atoms with van der Waals surface area (Å²) in [4.78, 5) is 39.7. The highest BCUT2D eigenvalue weighted by molar-refractivity contribution is 5.89. The minimum absolute atomic E-state index is 0.0631. The van der Waals surface area contributed by atoms with Gasteiger partial charge in [-0.3, -0.25) is 24.3 Å². The van der Waals surface area contributed by atoms with Crippen LogP contribution in [0.4, 0.5) is 0 Å². The molecule has 0 aliphatic carbocycles. The van der Waals surface area contributed by atoms with E-state index in [-0.39, 0.29) is 18.7 Å². The zero-order valence-corrected chi connectivity index (χ0v) is 17.0. The van der Waals surface area contributed by atoms with Gasteiger partial charge in [-0.05, 0) is 11.6 Å². The van der Waals surface area contributed by atoms with Crippen LogP contribution in [0.25, 0.3) is 0 Å². The third kappa shape index (κ3) is 8.46. The first-order chi connectivity index (χ1) is 14.3. The van der Waals surface area contributed by atoms with E-state index >= 15 is 0 Å². The van der Waals surface area contributed by atoms with Crippen LogP contribution >= 0.6 is 0 Å². The van der Waals surface area contributed by atoms with Gasteiger partial charge in [-0.2, -0.15) is 0 Å². The van der Waals surface area contributed by atoms with Crippen molar-refractivity contribution in [2.45, 2.75) is 6.54 Å². The van der Waals surface area contributed by atoms with Crippen LogP contribution in [0.15, 0.2) is 24.3 Å². The van der Waals surface area contributed by atoms with Crippen LogP contribution in [-0.4, -0.2) is 113 Å². The van der Waals surface area contributed by atoms with Gasteiger partial charge in [0.05, 0.1) is 18.7 Å². The number of rotatable bonds is 7. The largest absolute Gasteiger partial charge is 0.480 e. The number of nitrogens with one attached hydrogen (secondary N) is 1. The molecule has 166 valence electrons. The van der Waals surface area contributed by atoms with Crippen molar-refractivity contribution in [2.24, 2.45) is 0 Å². The van der Waals surface area contributed by atoms with E-state index < -0.39 is 17.9 Å². The number of carboxylic acid groups (broad SMARTS) is 3. The lowest BCUT2D eigenvalue weighted by Gasteiger charge is -2.31. The summed E-state index contributed by atoms with van der Waals surface area (Å²) in [5, 5.41) is 31.0. The fourth-order valence-electron chi connectivity index (χ4n) is 3.47. The van der Waals surface area contributed by atoms with Gasteiger partial charge in [0.15, 0.2) is 0 Å². The molecule has 0 radical (unpaired) electrons. The van der Waals surface area contributed by atoms with Crippen molar-refractivity contribution in [2.75, 3.05) is 65.4 Å². The van der Waals surface area contributed by atoms with E-state index in [0.29, 0.717) is 64.5 Å². The van der Waals surface area contributed by atoms with E-state index in [4.69, 9.17) is 10.2 Å². The topological polar surface area (TPSA) is 134 Å². The van der Waals surface area contributed by atoms with Crippen molar-refractivity contribution < 1.29 is 29.7 Å². The van der Waals surface area contributed by atoms with E-state index in [1.165, 1.54) is 0 Å². The lowest BCUT2D eigenvalue weighted by molar-refractivity contribution is -0.139. The number of hydrogen-bond donors (Lipinski definition) is 4. The van der Waals surface area contributed by atoms with Gasteiger partial charge in [-0.25, -0.2) is 4.79 Å². The Morgan fingerprint density at radius 3 is 1.77 bits per heavy atom. The highest BCUT2D eigenvalue weighted by Crippen LogP contribution is 2.12. The first kappa shape index (κ1) is 23.7. The van der Waals surface area contributed by atoms with E-state index in [2.05, 4.69) is 10.2 Å². The molecule has 1 heterocycles. The molecule has 0 aromatic heterocycles. The summed E-state index contributed by atoms with van der Waals surface area (Å²) in [5.74, 6) is -2.78. The average molecular weight is 422 g/mol. The van der Waals surface area contributed by atoms with E-state index in [1.807, 2.05) is 9.80 Å². The second-order valence-electron chi connectivity index (χ2n) is 7.33. The third-order valence-corrected chi connectivity index (χ3v) is 5.03. The quantitative estimate of drug-likeness (QED) is 0.458. The van der Waals surface area contributed by atoms with Crippen molar-refractivity contribution >= 4 is 17.9 Å². The summed E-state index contributed by atoms with van der Waals surface area (Å²) in [7, 11) is 0. The molecule has 30 heavy (non-hydrogen) atoms. The van der Waals surface area contributed by atoms with Gasteiger partial charge in [0.25, 0.3) is 0 Å². The Morgan fingerprint density at radius 2 is 1.27 bits per heavy atom. The normalized spacial score (nSPS) is 18.3. The summed E-state index contributed by atoms with van der Waals surface area (Å²) in [6.45, 7) is 4.72. The second-order valence-corrected chi connectivity index (χ2v) is 7.33. The first-order valence-corrected chi connectivity index (χ1v) is 9.97. The number of aromatic carboxylic acids is 1. The third-order valence-electron chi connectivity index (χ3n) is 5.03. The minimum Gasteiger partial charge on any atom is -0.480 e. The maximum Gasteiger partial charge on any atom is 0.336 e. The number of benzene rings is 1. The maximum atomic E-state index is 11.5. The van der Waals surface area contributed by atoms with Gasteiger partial charge in [-0.1, -0.05) is 18.2 Å². The standard InChI is InChI=1S/C20H30N4O6/c25-18(26)14-22-7-5-21-6-8-23(15-19(27)28)10-12-24(11-9-22)13-16-3-1-2-4-17(16)20(29)30/h1-4,21H,5-15H2,(H,25,26)(H,27,28)(H,29,30). The molecule has 1 saturated heterocycles. The lowest BCUT2D eigenvalue weighted by Crippen LogP contribution is -2.46. The summed E-state index contributed by atoms with van der Waals surface area (Å²) in [6, 6.07) is 6.80. The first-order valence-electron chi connectivity index (χ1n) is 9.97. The summed E-state index contributed by atoms with van der Waals surface area (Å²) in [6.07, 6.45) is 0. The van der Waals surface area contributed by atoms with Crippen LogP contribution in [0.5, 0.6) is 0 Å². The van der Waals surface area contributed by atoms with Gasteiger partial charge in [-0.15, -0.1) is 0 Å². The van der Waals surface area contributed by atoms with Crippen LogP contribution in [0.1, 0.15) is 15.9 Å². The van der Waals surface area contributed by atoms with Crippen molar-refractivity contribution in [3.8, 4) is 0 Å². The summed E-state index contributed by atoms with van der Waals surface area (Å²) < 4.78 is 0. The highest BCUT2D eigenvalue weighted by Gasteiger charge is 2.18. The van der Waals surface area contributed by atoms with Gasteiger partial charge < -0.3 is 20.6 Å². The van der Waals surface area contributed by atoms with Gasteiger partial charge in [0.1, 0.15) is 0 Å². The van der Waals surface area contributed by atoms with Crippen molar-refractivity contribution in [3.05, 3.63) is 35.4 Å². The van der Waals surface area contributed by atoms with Crippen molar-refractivity contribution in [1.82, 2.24) is 20.0 Å². The van der Waals surface area contributed by atoms with Gasteiger partial charge in [0.2, 0.25) is 0 Å². The fraction of sp³-hybridized carbons (Fsp3) is 0.550. The van der Waals surface area contributed by atoms with Crippen molar-refractivity contribution in [1.29, 1.82) is 0 Å². The molecule has 10 nitrogen and oxygen atoms in total. The Balaban J connectivity index is 2.15.